The summed E-state index contributed by atoms with van der Waals surface area (Å²) in [5, 5.41) is 2.89. The zero-order valence-electron chi connectivity index (χ0n) is 8.02. The highest BCUT2D eigenvalue weighted by molar-refractivity contribution is 5.69. The summed E-state index contributed by atoms with van der Waals surface area (Å²) in [6.45, 7) is 5.79. The number of alkyl carbamates (subject to hydrolysis) is 1. The maximum absolute atomic E-state index is 11.1. The van der Waals surface area contributed by atoms with Gasteiger partial charge in [-0.15, -0.1) is 0 Å². The van der Waals surface area contributed by atoms with E-state index in [1.165, 1.54) is 0 Å². The molecule has 0 heterocycles. The van der Waals surface area contributed by atoms with Gasteiger partial charge in [0.05, 0.1) is 6.10 Å². The largest absolute Gasteiger partial charge is 0.447 e. The van der Waals surface area contributed by atoms with E-state index in [0.29, 0.717) is 0 Å². The quantitative estimate of drug-likeness (QED) is 0.705. The predicted octanol–water partition coefficient (Wildman–Crippen LogP) is 2.06. The molecule has 1 rings (SSSR count). The second-order valence-electron chi connectivity index (χ2n) is 3.71. The monoisotopic (exact) mass is 171 g/mol. The predicted molar refractivity (Wildman–Crippen MR) is 47.0 cm³/mol. The molecule has 0 radical (unpaired) electrons. The summed E-state index contributed by atoms with van der Waals surface area (Å²) in [4.78, 5) is 11.1. The lowest BCUT2D eigenvalue weighted by molar-refractivity contribution is 0.111. The van der Waals surface area contributed by atoms with Crippen molar-refractivity contribution in [1.29, 1.82) is 0 Å². The van der Waals surface area contributed by atoms with Crippen molar-refractivity contribution in [2.45, 2.75) is 51.7 Å². The Labute approximate surface area is 73.5 Å². The van der Waals surface area contributed by atoms with Crippen molar-refractivity contribution in [1.82, 2.24) is 5.32 Å². The van der Waals surface area contributed by atoms with Gasteiger partial charge in [0.25, 0.3) is 0 Å². The maximum Gasteiger partial charge on any atom is 0.407 e. The number of nitrogens with one attached hydrogen (secondary N) is 1. The molecule has 0 aromatic carbocycles. The molecule has 0 aliphatic heterocycles. The first-order valence-corrected chi connectivity index (χ1v) is 4.57. The van der Waals surface area contributed by atoms with Crippen LogP contribution in [0.5, 0.6) is 0 Å². The standard InChI is InChI=1S/C9H17NO2/c1-4-9(5-6-9)10-8(11)12-7(2)3/h7H,4-6H2,1-3H3,(H,10,11). The highest BCUT2D eigenvalue weighted by atomic mass is 16.6. The molecule has 3 nitrogen and oxygen atoms in total. The van der Waals surface area contributed by atoms with Gasteiger partial charge in [0.1, 0.15) is 0 Å². The van der Waals surface area contributed by atoms with Crippen molar-refractivity contribution in [3.63, 3.8) is 0 Å². The highest BCUT2D eigenvalue weighted by Crippen LogP contribution is 2.38. The Morgan fingerprint density at radius 1 is 1.58 bits per heavy atom. The Bertz CT molecular complexity index is 173. The van der Waals surface area contributed by atoms with Gasteiger partial charge < -0.3 is 10.1 Å². The minimum atomic E-state index is -0.274. The summed E-state index contributed by atoms with van der Waals surface area (Å²) in [6.07, 6.45) is 2.88. The summed E-state index contributed by atoms with van der Waals surface area (Å²) >= 11 is 0. The molecule has 1 amide bonds. The Kier molecular flexibility index (Phi) is 2.60. The molecule has 12 heavy (non-hydrogen) atoms. The van der Waals surface area contributed by atoms with E-state index in [-0.39, 0.29) is 17.7 Å². The number of rotatable bonds is 3. The topological polar surface area (TPSA) is 38.3 Å². The molecular weight excluding hydrogens is 154 g/mol. The van der Waals surface area contributed by atoms with E-state index in [4.69, 9.17) is 4.74 Å². The second-order valence-corrected chi connectivity index (χ2v) is 3.71. The summed E-state index contributed by atoms with van der Waals surface area (Å²) in [5.41, 5.74) is 0.0754. The van der Waals surface area contributed by atoms with Crippen LogP contribution in [0.1, 0.15) is 40.0 Å². The molecule has 0 aromatic heterocycles. The molecule has 1 aliphatic rings. The zero-order chi connectivity index (χ0) is 9.19. The van der Waals surface area contributed by atoms with Gasteiger partial charge in [-0.1, -0.05) is 6.92 Å². The molecule has 1 N–H and O–H groups in total. The molecule has 1 aliphatic carbocycles. The number of hydrogen-bond donors (Lipinski definition) is 1. The molecule has 0 aromatic rings. The van der Waals surface area contributed by atoms with Crippen LogP contribution in [0.4, 0.5) is 4.79 Å². The third kappa shape index (κ3) is 2.40. The van der Waals surface area contributed by atoms with Gasteiger partial charge in [0, 0.05) is 5.54 Å². The fourth-order valence-electron chi connectivity index (χ4n) is 1.18. The Hall–Kier alpha value is -0.730. The van der Waals surface area contributed by atoms with Crippen molar-refractivity contribution in [2.24, 2.45) is 0 Å². The number of amides is 1. The average Bonchev–Trinajstić information content (AvgIpc) is 2.67. The van der Waals surface area contributed by atoms with Crippen LogP contribution < -0.4 is 5.32 Å². The van der Waals surface area contributed by atoms with Crippen LogP contribution in [0.25, 0.3) is 0 Å². The SMILES string of the molecule is CCC1(NC(=O)OC(C)C)CC1. The van der Waals surface area contributed by atoms with E-state index in [1.54, 1.807) is 0 Å². The summed E-state index contributed by atoms with van der Waals surface area (Å²) in [5.74, 6) is 0. The van der Waals surface area contributed by atoms with Crippen molar-refractivity contribution in [2.75, 3.05) is 0 Å². The Morgan fingerprint density at radius 3 is 2.50 bits per heavy atom. The van der Waals surface area contributed by atoms with Gasteiger partial charge in [-0.2, -0.15) is 0 Å². The Morgan fingerprint density at radius 2 is 2.17 bits per heavy atom. The van der Waals surface area contributed by atoms with Crippen molar-refractivity contribution in [3.05, 3.63) is 0 Å². The molecule has 0 atom stereocenters. The molecule has 1 fully saturated rings. The van der Waals surface area contributed by atoms with Crippen LogP contribution in [-0.2, 0) is 4.74 Å². The number of carbonyl (C=O) groups is 1. The minimum absolute atomic E-state index is 0.0299. The van der Waals surface area contributed by atoms with Crippen LogP contribution in [0, 0.1) is 0 Å². The second kappa shape index (κ2) is 3.33. The van der Waals surface area contributed by atoms with Crippen LogP contribution in [0.15, 0.2) is 0 Å². The third-order valence-electron chi connectivity index (χ3n) is 2.24. The lowest BCUT2D eigenvalue weighted by atomic mass is 10.2. The van der Waals surface area contributed by atoms with Gasteiger partial charge >= 0.3 is 6.09 Å². The fraction of sp³-hybridized carbons (Fsp3) is 0.889. The number of ether oxygens (including phenoxy) is 1. The maximum atomic E-state index is 11.1. The van der Waals surface area contributed by atoms with Crippen molar-refractivity contribution < 1.29 is 9.53 Å². The normalized spacial score (nSPS) is 19.0. The van der Waals surface area contributed by atoms with Gasteiger partial charge in [0.2, 0.25) is 0 Å². The summed E-state index contributed by atoms with van der Waals surface area (Å²) < 4.78 is 4.98. The molecule has 3 heteroatoms. The van der Waals surface area contributed by atoms with Gasteiger partial charge in [-0.25, -0.2) is 4.79 Å². The smallest absolute Gasteiger partial charge is 0.407 e. The van der Waals surface area contributed by atoms with Crippen LogP contribution >= 0.6 is 0 Å². The van der Waals surface area contributed by atoms with Crippen molar-refractivity contribution in [3.8, 4) is 0 Å². The van der Waals surface area contributed by atoms with E-state index in [1.807, 2.05) is 13.8 Å². The van der Waals surface area contributed by atoms with E-state index >= 15 is 0 Å². The van der Waals surface area contributed by atoms with E-state index in [0.717, 1.165) is 19.3 Å². The van der Waals surface area contributed by atoms with Gasteiger partial charge in [0.15, 0.2) is 0 Å². The number of carbonyl (C=O) groups excluding carboxylic acids is 1. The molecule has 0 spiro atoms. The summed E-state index contributed by atoms with van der Waals surface area (Å²) in [6, 6.07) is 0. The lowest BCUT2D eigenvalue weighted by Crippen LogP contribution is -2.37. The van der Waals surface area contributed by atoms with Crippen LogP contribution in [-0.4, -0.2) is 17.7 Å². The van der Waals surface area contributed by atoms with Gasteiger partial charge in [-0.3, -0.25) is 0 Å². The first-order chi connectivity index (χ1) is 5.58. The molecule has 1 saturated carbocycles. The van der Waals surface area contributed by atoms with Crippen LogP contribution in [0.3, 0.4) is 0 Å². The zero-order valence-corrected chi connectivity index (χ0v) is 8.02. The molecule has 0 bridgehead atoms. The number of hydrogen-bond acceptors (Lipinski definition) is 2. The Balaban J connectivity index is 2.26. The van der Waals surface area contributed by atoms with E-state index in [2.05, 4.69) is 12.2 Å². The lowest BCUT2D eigenvalue weighted by Gasteiger charge is -2.16. The molecular formula is C9H17NO2. The fourth-order valence-corrected chi connectivity index (χ4v) is 1.18. The first-order valence-electron chi connectivity index (χ1n) is 4.57. The average molecular weight is 171 g/mol. The molecule has 70 valence electrons. The van der Waals surface area contributed by atoms with Crippen LogP contribution in [0.2, 0.25) is 0 Å². The summed E-state index contributed by atoms with van der Waals surface area (Å²) in [7, 11) is 0. The molecule has 0 saturated heterocycles. The first kappa shape index (κ1) is 9.36. The van der Waals surface area contributed by atoms with Crippen molar-refractivity contribution >= 4 is 6.09 Å². The highest BCUT2D eigenvalue weighted by Gasteiger charge is 2.42. The minimum Gasteiger partial charge on any atom is -0.447 e. The van der Waals surface area contributed by atoms with E-state index < -0.39 is 0 Å². The third-order valence-corrected chi connectivity index (χ3v) is 2.24. The van der Waals surface area contributed by atoms with E-state index in [9.17, 15) is 4.79 Å². The van der Waals surface area contributed by atoms with Gasteiger partial charge in [-0.05, 0) is 33.1 Å². The molecule has 0 unspecified atom stereocenters.